The normalized spacial score (nSPS) is 12.1. The minimum Gasteiger partial charge on any atom is -0.467 e. The lowest BCUT2D eigenvalue weighted by Gasteiger charge is -2.21. The van der Waals surface area contributed by atoms with Crippen molar-refractivity contribution in [2.75, 3.05) is 26.1 Å². The van der Waals surface area contributed by atoms with Gasteiger partial charge in [-0.2, -0.15) is 0 Å². The summed E-state index contributed by atoms with van der Waals surface area (Å²) in [5, 5.41) is 9.93. The molecular formula is C13H19NO3. The van der Waals surface area contributed by atoms with Gasteiger partial charge in [-0.15, -0.1) is 0 Å². The van der Waals surface area contributed by atoms with E-state index < -0.39 is 12.1 Å². The van der Waals surface area contributed by atoms with Gasteiger partial charge < -0.3 is 14.7 Å². The number of nitrogens with zero attached hydrogens (tertiary/aromatic N) is 1. The van der Waals surface area contributed by atoms with E-state index in [0.29, 0.717) is 5.56 Å². The Morgan fingerprint density at radius 3 is 2.29 bits per heavy atom. The van der Waals surface area contributed by atoms with E-state index in [9.17, 15) is 9.90 Å². The van der Waals surface area contributed by atoms with Crippen molar-refractivity contribution in [1.82, 2.24) is 0 Å². The summed E-state index contributed by atoms with van der Waals surface area (Å²) in [5.41, 5.74) is 3.55. The topological polar surface area (TPSA) is 49.8 Å². The zero-order valence-corrected chi connectivity index (χ0v) is 10.9. The lowest BCUT2D eigenvalue weighted by Crippen LogP contribution is -2.19. The summed E-state index contributed by atoms with van der Waals surface area (Å²) in [5.74, 6) is -0.642. The van der Waals surface area contributed by atoms with Crippen molar-refractivity contribution in [3.63, 3.8) is 0 Å². The summed E-state index contributed by atoms with van der Waals surface area (Å²) in [6.45, 7) is 3.94. The molecule has 4 heteroatoms. The Labute approximate surface area is 102 Å². The number of carbonyl (C=O) groups excluding carboxylic acids is 1. The van der Waals surface area contributed by atoms with Crippen LogP contribution in [0.1, 0.15) is 22.8 Å². The molecule has 0 saturated carbocycles. The Morgan fingerprint density at radius 1 is 1.29 bits per heavy atom. The molecule has 1 N–H and O–H groups in total. The van der Waals surface area contributed by atoms with E-state index in [1.165, 1.54) is 7.11 Å². The largest absolute Gasteiger partial charge is 0.467 e. The summed E-state index contributed by atoms with van der Waals surface area (Å²) in [6.07, 6.45) is -1.24. The lowest BCUT2D eigenvalue weighted by atomic mass is 9.99. The summed E-state index contributed by atoms with van der Waals surface area (Å²) >= 11 is 0. The third-order valence-corrected chi connectivity index (χ3v) is 2.84. The van der Waals surface area contributed by atoms with Crippen LogP contribution in [0.25, 0.3) is 0 Å². The fourth-order valence-corrected chi connectivity index (χ4v) is 1.67. The van der Waals surface area contributed by atoms with Crippen LogP contribution in [-0.4, -0.2) is 32.3 Å². The highest BCUT2D eigenvalue weighted by molar-refractivity contribution is 5.79. The quantitative estimate of drug-likeness (QED) is 0.811. The van der Waals surface area contributed by atoms with Gasteiger partial charge in [0, 0.05) is 25.3 Å². The first kappa shape index (κ1) is 13.5. The number of carbonyl (C=O) groups is 1. The fraction of sp³-hybridized carbons (Fsp3) is 0.462. The first-order valence-electron chi connectivity index (χ1n) is 5.42. The minimum atomic E-state index is -1.24. The van der Waals surface area contributed by atoms with E-state index in [0.717, 1.165) is 16.8 Å². The zero-order valence-electron chi connectivity index (χ0n) is 10.9. The number of aliphatic hydroxyl groups excluding tert-OH is 1. The van der Waals surface area contributed by atoms with Crippen LogP contribution in [0, 0.1) is 13.8 Å². The summed E-state index contributed by atoms with van der Waals surface area (Å²) < 4.78 is 4.56. The molecule has 0 aliphatic carbocycles. The molecule has 94 valence electrons. The number of aryl methyl sites for hydroxylation is 2. The molecule has 0 aliphatic heterocycles. The monoisotopic (exact) mass is 237 g/mol. The summed E-state index contributed by atoms with van der Waals surface area (Å²) in [6, 6.07) is 3.78. The van der Waals surface area contributed by atoms with E-state index in [4.69, 9.17) is 0 Å². The van der Waals surface area contributed by atoms with E-state index >= 15 is 0 Å². The Morgan fingerprint density at radius 2 is 1.82 bits per heavy atom. The number of rotatable bonds is 3. The van der Waals surface area contributed by atoms with Crippen LogP contribution in [0.2, 0.25) is 0 Å². The maximum Gasteiger partial charge on any atom is 0.339 e. The van der Waals surface area contributed by atoms with Crippen LogP contribution in [0.4, 0.5) is 5.69 Å². The van der Waals surface area contributed by atoms with E-state index in [1.807, 2.05) is 45.0 Å². The molecule has 0 bridgehead atoms. The molecule has 1 aromatic rings. The Bertz CT molecular complexity index is 427. The van der Waals surface area contributed by atoms with Gasteiger partial charge >= 0.3 is 5.97 Å². The van der Waals surface area contributed by atoms with E-state index in [2.05, 4.69) is 4.74 Å². The molecule has 1 aromatic carbocycles. The lowest BCUT2D eigenvalue weighted by molar-refractivity contribution is -0.150. The highest BCUT2D eigenvalue weighted by Crippen LogP contribution is 2.29. The summed E-state index contributed by atoms with van der Waals surface area (Å²) in [7, 11) is 5.01. The molecule has 1 rings (SSSR count). The molecule has 0 spiro atoms. The van der Waals surface area contributed by atoms with Gasteiger partial charge in [-0.05, 0) is 31.0 Å². The Hall–Kier alpha value is -1.55. The van der Waals surface area contributed by atoms with Gasteiger partial charge in [0.25, 0.3) is 0 Å². The van der Waals surface area contributed by atoms with Gasteiger partial charge in [0.1, 0.15) is 0 Å². The number of hydrogen-bond acceptors (Lipinski definition) is 4. The van der Waals surface area contributed by atoms with Crippen molar-refractivity contribution in [2.24, 2.45) is 0 Å². The first-order chi connectivity index (χ1) is 7.88. The third-order valence-electron chi connectivity index (χ3n) is 2.84. The highest BCUT2D eigenvalue weighted by atomic mass is 16.5. The van der Waals surface area contributed by atoms with Crippen LogP contribution in [0.5, 0.6) is 0 Å². The Kier molecular flexibility index (Phi) is 4.12. The molecule has 0 radical (unpaired) electrons. The van der Waals surface area contributed by atoms with Crippen molar-refractivity contribution in [3.05, 3.63) is 28.8 Å². The number of esters is 1. The van der Waals surface area contributed by atoms with Gasteiger partial charge in [0.05, 0.1) is 7.11 Å². The number of aliphatic hydroxyl groups is 1. The molecule has 0 aliphatic rings. The molecular weight excluding hydrogens is 218 g/mol. The van der Waals surface area contributed by atoms with Crippen LogP contribution in [-0.2, 0) is 9.53 Å². The smallest absolute Gasteiger partial charge is 0.339 e. The second-order valence-corrected chi connectivity index (χ2v) is 4.32. The number of hydrogen-bond donors (Lipinski definition) is 1. The van der Waals surface area contributed by atoms with Crippen LogP contribution in [0.15, 0.2) is 12.1 Å². The van der Waals surface area contributed by atoms with Crippen molar-refractivity contribution in [2.45, 2.75) is 20.0 Å². The molecule has 1 atom stereocenters. The molecule has 17 heavy (non-hydrogen) atoms. The zero-order chi connectivity index (χ0) is 13.2. The standard InChI is InChI=1S/C13H19NO3/c1-8-6-10(12(15)13(16)17-5)11(14(3)4)7-9(8)2/h6-7,12,15H,1-5H3. The summed E-state index contributed by atoms with van der Waals surface area (Å²) in [4.78, 5) is 13.3. The molecule has 0 fully saturated rings. The van der Waals surface area contributed by atoms with Crippen molar-refractivity contribution in [1.29, 1.82) is 0 Å². The maximum absolute atomic E-state index is 11.4. The molecule has 4 nitrogen and oxygen atoms in total. The van der Waals surface area contributed by atoms with Gasteiger partial charge in [-0.3, -0.25) is 0 Å². The molecule has 0 aromatic heterocycles. The first-order valence-corrected chi connectivity index (χ1v) is 5.42. The molecule has 0 amide bonds. The molecule has 0 heterocycles. The van der Waals surface area contributed by atoms with Crippen molar-refractivity contribution < 1.29 is 14.6 Å². The Balaban J connectivity index is 3.30. The predicted octanol–water partition coefficient (Wildman–Crippen LogP) is 1.58. The number of methoxy groups -OCH3 is 1. The van der Waals surface area contributed by atoms with Gasteiger partial charge in [-0.1, -0.05) is 6.07 Å². The fourth-order valence-electron chi connectivity index (χ4n) is 1.67. The van der Waals surface area contributed by atoms with Gasteiger partial charge in [0.2, 0.25) is 0 Å². The number of benzene rings is 1. The van der Waals surface area contributed by atoms with Gasteiger partial charge in [-0.25, -0.2) is 4.79 Å². The molecule has 1 unspecified atom stereocenters. The minimum absolute atomic E-state index is 0.574. The maximum atomic E-state index is 11.4. The third kappa shape index (κ3) is 2.77. The second kappa shape index (κ2) is 5.19. The average molecular weight is 237 g/mol. The van der Waals surface area contributed by atoms with Crippen molar-refractivity contribution in [3.8, 4) is 0 Å². The van der Waals surface area contributed by atoms with E-state index in [-0.39, 0.29) is 0 Å². The van der Waals surface area contributed by atoms with Crippen molar-refractivity contribution >= 4 is 11.7 Å². The number of ether oxygens (including phenoxy) is 1. The SMILES string of the molecule is COC(=O)C(O)c1cc(C)c(C)cc1N(C)C. The second-order valence-electron chi connectivity index (χ2n) is 4.32. The predicted molar refractivity (Wildman–Crippen MR) is 67.2 cm³/mol. The average Bonchev–Trinajstić information content (AvgIpc) is 2.29. The van der Waals surface area contributed by atoms with Crippen LogP contribution < -0.4 is 4.90 Å². The van der Waals surface area contributed by atoms with Crippen LogP contribution >= 0.6 is 0 Å². The molecule has 0 saturated heterocycles. The highest BCUT2D eigenvalue weighted by Gasteiger charge is 2.22. The van der Waals surface area contributed by atoms with Gasteiger partial charge in [0.15, 0.2) is 6.10 Å². The van der Waals surface area contributed by atoms with E-state index in [1.54, 1.807) is 0 Å². The van der Waals surface area contributed by atoms with Crippen LogP contribution in [0.3, 0.4) is 0 Å². The number of anilines is 1.